The maximum absolute atomic E-state index is 14.6. The van der Waals surface area contributed by atoms with Crippen LogP contribution in [0, 0.1) is 11.7 Å². The van der Waals surface area contributed by atoms with Gasteiger partial charge >= 0.3 is 0 Å². The highest BCUT2D eigenvalue weighted by molar-refractivity contribution is 5.39. The molecule has 0 aromatic carbocycles. The van der Waals surface area contributed by atoms with Gasteiger partial charge in [-0.25, -0.2) is 14.4 Å². The molecule has 1 saturated heterocycles. The number of aryl methyl sites for hydroxylation is 1. The monoisotopic (exact) mass is 349 g/mol. The van der Waals surface area contributed by atoms with Crippen molar-refractivity contribution in [1.82, 2.24) is 20.1 Å². The average Bonchev–Trinajstić information content (AvgIpc) is 3.12. The summed E-state index contributed by atoms with van der Waals surface area (Å²) in [5.41, 5.74) is 0.386. The van der Waals surface area contributed by atoms with E-state index in [-0.39, 0.29) is 23.7 Å². The van der Waals surface area contributed by atoms with E-state index in [1.165, 1.54) is 6.33 Å². The summed E-state index contributed by atoms with van der Waals surface area (Å²) >= 11 is 0. The summed E-state index contributed by atoms with van der Waals surface area (Å²) in [7, 11) is 0. The molecular weight excluding hydrogens is 325 g/mol. The Bertz CT molecular complexity index is 700. The van der Waals surface area contributed by atoms with Crippen molar-refractivity contribution in [3.05, 3.63) is 29.6 Å². The molecule has 2 aromatic heterocycles. The number of hydrogen-bond donors (Lipinski definition) is 1. The number of aromatic nitrogens is 4. The lowest BCUT2D eigenvalue weighted by atomic mass is 9.91. The van der Waals surface area contributed by atoms with Gasteiger partial charge in [-0.05, 0) is 25.2 Å². The summed E-state index contributed by atoms with van der Waals surface area (Å²) in [6.45, 7) is 7.20. The second-order valence-electron chi connectivity index (χ2n) is 6.55. The lowest BCUT2D eigenvalue weighted by molar-refractivity contribution is 0.0570. The Morgan fingerprint density at radius 1 is 1.28 bits per heavy atom. The predicted molar refractivity (Wildman–Crippen MR) is 89.7 cm³/mol. The molecule has 1 fully saturated rings. The predicted octanol–water partition coefficient (Wildman–Crippen LogP) is 3.26. The fourth-order valence-corrected chi connectivity index (χ4v) is 2.94. The van der Waals surface area contributed by atoms with Gasteiger partial charge in [0.1, 0.15) is 12.4 Å². The van der Waals surface area contributed by atoms with Crippen LogP contribution in [0.5, 0.6) is 0 Å². The smallest absolute Gasteiger partial charge is 0.249 e. The molecule has 136 valence electrons. The van der Waals surface area contributed by atoms with E-state index in [1.807, 2.05) is 20.8 Å². The summed E-state index contributed by atoms with van der Waals surface area (Å²) in [4.78, 5) is 12.6. The molecule has 0 amide bonds. The maximum Gasteiger partial charge on any atom is 0.249 e. The number of nitrogens with zero attached hydrogens (tertiary/aromatic N) is 4. The zero-order valence-corrected chi connectivity index (χ0v) is 14.8. The molecule has 1 N–H and O–H groups in total. The Kier molecular flexibility index (Phi) is 5.57. The summed E-state index contributed by atoms with van der Waals surface area (Å²) in [5.74, 6) is 1.22. The number of hydrogen-bond acceptors (Lipinski definition) is 7. The fraction of sp³-hybridized carbons (Fsp3) is 0.647. The zero-order chi connectivity index (χ0) is 17.8. The lowest BCUT2D eigenvalue weighted by Gasteiger charge is -2.29. The van der Waals surface area contributed by atoms with E-state index in [0.717, 1.165) is 12.8 Å². The van der Waals surface area contributed by atoms with E-state index in [9.17, 15) is 4.39 Å². The molecule has 0 aliphatic carbocycles. The lowest BCUT2D eigenvalue weighted by Crippen LogP contribution is -2.28. The normalized spacial score (nSPS) is 17.0. The maximum atomic E-state index is 14.6. The van der Waals surface area contributed by atoms with Crippen LogP contribution >= 0.6 is 0 Å². The zero-order valence-electron chi connectivity index (χ0n) is 14.8. The van der Waals surface area contributed by atoms with Crippen LogP contribution in [-0.2, 0) is 11.2 Å². The number of nitrogens with one attached hydrogen (secondary N) is 1. The summed E-state index contributed by atoms with van der Waals surface area (Å²) < 4.78 is 25.5. The van der Waals surface area contributed by atoms with Gasteiger partial charge in [0.2, 0.25) is 5.89 Å². The van der Waals surface area contributed by atoms with Gasteiger partial charge < -0.3 is 14.6 Å². The molecule has 0 bridgehead atoms. The number of anilines is 1. The van der Waals surface area contributed by atoms with Crippen molar-refractivity contribution in [2.24, 2.45) is 5.92 Å². The van der Waals surface area contributed by atoms with Crippen LogP contribution in [0.1, 0.15) is 63.0 Å². The first-order chi connectivity index (χ1) is 12.1. The van der Waals surface area contributed by atoms with E-state index in [0.29, 0.717) is 37.0 Å². The molecule has 0 saturated carbocycles. The number of halogens is 1. The van der Waals surface area contributed by atoms with E-state index >= 15 is 0 Å². The molecule has 0 spiro atoms. The van der Waals surface area contributed by atoms with Gasteiger partial charge in [-0.2, -0.15) is 4.98 Å². The van der Waals surface area contributed by atoms with Crippen LogP contribution in [0.25, 0.3) is 0 Å². The SMILES string of the molecule is CCc1ncnc(N[C@@H](c2nc(C(C)C)no2)C2CCOCC2)c1F. The Labute approximate surface area is 146 Å². The molecule has 25 heavy (non-hydrogen) atoms. The van der Waals surface area contributed by atoms with Crippen molar-refractivity contribution >= 4 is 5.82 Å². The van der Waals surface area contributed by atoms with E-state index in [4.69, 9.17) is 9.26 Å². The Balaban J connectivity index is 1.90. The van der Waals surface area contributed by atoms with Gasteiger partial charge in [0.15, 0.2) is 17.5 Å². The molecule has 2 aromatic rings. The highest BCUT2D eigenvalue weighted by Gasteiger charge is 2.31. The van der Waals surface area contributed by atoms with E-state index in [1.54, 1.807) is 0 Å². The van der Waals surface area contributed by atoms with Gasteiger partial charge in [-0.1, -0.05) is 25.9 Å². The minimum atomic E-state index is -0.425. The first kappa shape index (κ1) is 17.7. The third-order valence-corrected chi connectivity index (χ3v) is 4.47. The van der Waals surface area contributed by atoms with Crippen molar-refractivity contribution in [1.29, 1.82) is 0 Å². The minimum Gasteiger partial charge on any atom is -0.381 e. The highest BCUT2D eigenvalue weighted by atomic mass is 19.1. The molecule has 7 nitrogen and oxygen atoms in total. The van der Waals surface area contributed by atoms with Gasteiger partial charge in [-0.15, -0.1) is 0 Å². The van der Waals surface area contributed by atoms with Crippen molar-refractivity contribution < 1.29 is 13.7 Å². The van der Waals surface area contributed by atoms with Gasteiger partial charge in [-0.3, -0.25) is 0 Å². The average molecular weight is 349 g/mol. The summed E-state index contributed by atoms with van der Waals surface area (Å²) in [6, 6.07) is -0.307. The second-order valence-corrected chi connectivity index (χ2v) is 6.55. The molecule has 0 unspecified atom stereocenters. The minimum absolute atomic E-state index is 0.162. The van der Waals surface area contributed by atoms with Gasteiger partial charge in [0.25, 0.3) is 0 Å². The molecular formula is C17H24FN5O2. The third-order valence-electron chi connectivity index (χ3n) is 4.47. The molecule has 1 atom stereocenters. The first-order valence-corrected chi connectivity index (χ1v) is 8.77. The van der Waals surface area contributed by atoms with Crippen molar-refractivity contribution in [3.8, 4) is 0 Å². The number of rotatable bonds is 6. The molecule has 1 aliphatic heterocycles. The second kappa shape index (κ2) is 7.86. The molecule has 8 heteroatoms. The molecule has 3 heterocycles. The third kappa shape index (κ3) is 3.95. The van der Waals surface area contributed by atoms with Gasteiger partial charge in [0.05, 0.1) is 5.69 Å². The highest BCUT2D eigenvalue weighted by Crippen LogP contribution is 2.33. The first-order valence-electron chi connectivity index (χ1n) is 8.77. The Morgan fingerprint density at radius 3 is 2.68 bits per heavy atom. The summed E-state index contributed by atoms with van der Waals surface area (Å²) in [6.07, 6.45) is 3.55. The van der Waals surface area contributed by atoms with E-state index < -0.39 is 5.82 Å². The van der Waals surface area contributed by atoms with Crippen LogP contribution in [0.3, 0.4) is 0 Å². The van der Waals surface area contributed by atoms with Gasteiger partial charge in [0, 0.05) is 19.1 Å². The molecule has 1 aliphatic rings. The number of ether oxygens (including phenoxy) is 1. The molecule has 0 radical (unpaired) electrons. The fourth-order valence-electron chi connectivity index (χ4n) is 2.94. The van der Waals surface area contributed by atoms with Crippen molar-refractivity contribution in [3.63, 3.8) is 0 Å². The standard InChI is InChI=1S/C17H24FN5O2/c1-4-12-13(18)16(20-9-19-12)21-14(11-5-7-24-8-6-11)17-22-15(10(2)3)23-25-17/h9-11,14H,4-8H2,1-3H3,(H,19,20,21)/t14-/m1/s1. The Hall–Kier alpha value is -2.09. The molecule has 3 rings (SSSR count). The van der Waals surface area contributed by atoms with Crippen LogP contribution < -0.4 is 5.32 Å². The van der Waals surface area contributed by atoms with Crippen molar-refractivity contribution in [2.45, 2.75) is 52.0 Å². The van der Waals surface area contributed by atoms with Crippen LogP contribution in [0.2, 0.25) is 0 Å². The van der Waals surface area contributed by atoms with Crippen LogP contribution in [0.4, 0.5) is 10.2 Å². The topological polar surface area (TPSA) is 86.0 Å². The van der Waals surface area contributed by atoms with E-state index in [2.05, 4.69) is 25.4 Å². The van der Waals surface area contributed by atoms with Crippen LogP contribution in [0.15, 0.2) is 10.9 Å². The van der Waals surface area contributed by atoms with Crippen LogP contribution in [-0.4, -0.2) is 33.3 Å². The largest absolute Gasteiger partial charge is 0.381 e. The summed E-state index contributed by atoms with van der Waals surface area (Å²) in [5, 5.41) is 7.23. The Morgan fingerprint density at radius 2 is 2.04 bits per heavy atom. The van der Waals surface area contributed by atoms with Crippen molar-refractivity contribution in [2.75, 3.05) is 18.5 Å². The quantitative estimate of drug-likeness (QED) is 0.856.